The van der Waals surface area contributed by atoms with Crippen molar-refractivity contribution in [3.8, 4) is 12.3 Å². The van der Waals surface area contributed by atoms with E-state index >= 15 is 0 Å². The highest BCUT2D eigenvalue weighted by molar-refractivity contribution is 7.89. The number of halogens is 1. The van der Waals surface area contributed by atoms with Crippen molar-refractivity contribution in [1.82, 2.24) is 14.6 Å². The maximum Gasteiger partial charge on any atom is 0.256 e. The van der Waals surface area contributed by atoms with Crippen LogP contribution in [0.15, 0.2) is 41.4 Å². The summed E-state index contributed by atoms with van der Waals surface area (Å²) < 4.78 is 39.5. The molecule has 0 aliphatic carbocycles. The minimum Gasteiger partial charge on any atom is -0.340 e. The molecule has 0 aliphatic rings. The lowest BCUT2D eigenvalue weighted by Crippen LogP contribution is -2.44. The van der Waals surface area contributed by atoms with Crippen LogP contribution in [0.2, 0.25) is 0 Å². The van der Waals surface area contributed by atoms with Crippen LogP contribution in [0.25, 0.3) is 0 Å². The molecule has 0 saturated carbocycles. The number of nitrogens with one attached hydrogen (secondary N) is 2. The summed E-state index contributed by atoms with van der Waals surface area (Å²) >= 11 is 0. The third-order valence-corrected chi connectivity index (χ3v) is 6.20. The van der Waals surface area contributed by atoms with Crippen molar-refractivity contribution in [3.05, 3.63) is 47.9 Å². The molecule has 0 bridgehead atoms. The van der Waals surface area contributed by atoms with E-state index in [0.29, 0.717) is 12.1 Å². The number of amides is 1. The molecule has 2 aromatic rings. The van der Waals surface area contributed by atoms with E-state index in [0.717, 1.165) is 16.6 Å². The van der Waals surface area contributed by atoms with Crippen LogP contribution in [0.5, 0.6) is 0 Å². The fraction of sp³-hybridized carbons (Fsp3) is 0.300. The quantitative estimate of drug-likeness (QED) is 0.675. The summed E-state index contributed by atoms with van der Waals surface area (Å²) in [6, 6.07) is 7.05. The van der Waals surface area contributed by atoms with Crippen molar-refractivity contribution >= 4 is 27.4 Å². The SMILES string of the molecule is C#CC(C)(CC)NC(=O)c1cc(F)cnc1Nc1cccc(S(=O)(=O)N(C)C)c1. The standard InChI is InChI=1S/C20H23FN4O3S/c1-6-20(3,7-2)24-19(26)17-11-14(21)13-22-18(17)23-15-9-8-10-16(12-15)29(27,28)25(4)5/h1,8-13H,7H2,2-5H3,(H,22,23)(H,24,26). The van der Waals surface area contributed by atoms with E-state index in [2.05, 4.69) is 21.5 Å². The molecule has 0 radical (unpaired) electrons. The predicted octanol–water partition coefficient (Wildman–Crippen LogP) is 2.75. The summed E-state index contributed by atoms with van der Waals surface area (Å²) in [7, 11) is -0.792. The molecule has 0 saturated heterocycles. The van der Waals surface area contributed by atoms with Crippen LogP contribution >= 0.6 is 0 Å². The van der Waals surface area contributed by atoms with E-state index in [1.54, 1.807) is 19.1 Å². The summed E-state index contributed by atoms with van der Waals surface area (Å²) in [5, 5.41) is 5.57. The zero-order valence-corrected chi connectivity index (χ0v) is 17.5. The molecule has 7 nitrogen and oxygen atoms in total. The van der Waals surface area contributed by atoms with E-state index in [4.69, 9.17) is 6.42 Å². The summed E-state index contributed by atoms with van der Waals surface area (Å²) in [5.74, 6) is 1.29. The number of terminal acetylenes is 1. The molecular formula is C20H23FN4O3S. The van der Waals surface area contributed by atoms with E-state index in [9.17, 15) is 17.6 Å². The van der Waals surface area contributed by atoms with Gasteiger partial charge in [-0.2, -0.15) is 0 Å². The maximum atomic E-state index is 13.8. The van der Waals surface area contributed by atoms with Gasteiger partial charge in [0.15, 0.2) is 0 Å². The van der Waals surface area contributed by atoms with Crippen LogP contribution in [0, 0.1) is 18.2 Å². The van der Waals surface area contributed by atoms with Crippen molar-refractivity contribution < 1.29 is 17.6 Å². The molecule has 0 fully saturated rings. The number of anilines is 2. The largest absolute Gasteiger partial charge is 0.340 e. The van der Waals surface area contributed by atoms with Crippen LogP contribution in [0.1, 0.15) is 30.6 Å². The highest BCUT2D eigenvalue weighted by Gasteiger charge is 2.25. The minimum atomic E-state index is -3.64. The number of benzene rings is 1. The zero-order chi connectivity index (χ0) is 21.8. The van der Waals surface area contributed by atoms with Crippen molar-refractivity contribution in [2.45, 2.75) is 30.7 Å². The number of nitrogens with zero attached hydrogens (tertiary/aromatic N) is 2. The Morgan fingerprint density at radius 3 is 2.62 bits per heavy atom. The van der Waals surface area contributed by atoms with Gasteiger partial charge >= 0.3 is 0 Å². The van der Waals surface area contributed by atoms with Gasteiger partial charge in [-0.15, -0.1) is 6.42 Å². The minimum absolute atomic E-state index is 0.0548. The van der Waals surface area contributed by atoms with Crippen LogP contribution in [-0.2, 0) is 10.0 Å². The molecule has 1 atom stereocenters. The van der Waals surface area contributed by atoms with Gasteiger partial charge < -0.3 is 10.6 Å². The van der Waals surface area contributed by atoms with Crippen molar-refractivity contribution in [3.63, 3.8) is 0 Å². The predicted molar refractivity (Wildman–Crippen MR) is 110 cm³/mol. The molecule has 1 aromatic heterocycles. The number of aromatic nitrogens is 1. The molecule has 1 amide bonds. The first kappa shape index (κ1) is 22.3. The van der Waals surface area contributed by atoms with Gasteiger partial charge in [0.1, 0.15) is 11.6 Å². The third kappa shape index (κ3) is 5.10. The van der Waals surface area contributed by atoms with Crippen molar-refractivity contribution in [2.75, 3.05) is 19.4 Å². The number of sulfonamides is 1. The van der Waals surface area contributed by atoms with Crippen LogP contribution < -0.4 is 10.6 Å². The molecule has 0 aliphatic heterocycles. The maximum absolute atomic E-state index is 13.8. The normalized spacial score (nSPS) is 13.4. The van der Waals surface area contributed by atoms with E-state index < -0.39 is 27.3 Å². The molecule has 9 heteroatoms. The number of carbonyl (C=O) groups excluding carboxylic acids is 1. The van der Waals surface area contributed by atoms with Crippen molar-refractivity contribution in [1.29, 1.82) is 0 Å². The Balaban J connectivity index is 2.41. The van der Waals surface area contributed by atoms with Gasteiger partial charge in [-0.05, 0) is 37.6 Å². The van der Waals surface area contributed by atoms with Gasteiger partial charge in [0.2, 0.25) is 10.0 Å². The molecule has 1 unspecified atom stereocenters. The highest BCUT2D eigenvalue weighted by atomic mass is 32.2. The lowest BCUT2D eigenvalue weighted by atomic mass is 9.99. The van der Waals surface area contributed by atoms with Gasteiger partial charge in [0, 0.05) is 19.8 Å². The van der Waals surface area contributed by atoms with Gasteiger partial charge in [-0.3, -0.25) is 4.79 Å². The molecule has 154 valence electrons. The molecule has 1 heterocycles. The number of hydrogen-bond donors (Lipinski definition) is 2. The van der Waals surface area contributed by atoms with Crippen molar-refractivity contribution in [2.24, 2.45) is 0 Å². The Morgan fingerprint density at radius 1 is 1.34 bits per heavy atom. The molecular weight excluding hydrogens is 395 g/mol. The van der Waals surface area contributed by atoms with Gasteiger partial charge in [0.25, 0.3) is 5.91 Å². The fourth-order valence-electron chi connectivity index (χ4n) is 2.34. The summed E-state index contributed by atoms with van der Waals surface area (Å²) in [6.07, 6.45) is 6.92. The Hall–Kier alpha value is -2.96. The average Bonchev–Trinajstić information content (AvgIpc) is 2.69. The number of pyridine rings is 1. The fourth-order valence-corrected chi connectivity index (χ4v) is 3.29. The lowest BCUT2D eigenvalue weighted by Gasteiger charge is -2.24. The van der Waals surface area contributed by atoms with E-state index in [1.807, 2.05) is 6.92 Å². The zero-order valence-electron chi connectivity index (χ0n) is 16.7. The summed E-state index contributed by atoms with van der Waals surface area (Å²) in [4.78, 5) is 16.7. The third-order valence-electron chi connectivity index (χ3n) is 4.39. The van der Waals surface area contributed by atoms with Crippen LogP contribution in [0.3, 0.4) is 0 Å². The number of hydrogen-bond acceptors (Lipinski definition) is 5. The Kier molecular flexibility index (Phi) is 6.62. The van der Waals surface area contributed by atoms with E-state index in [1.165, 1.54) is 26.2 Å². The van der Waals surface area contributed by atoms with Gasteiger partial charge in [-0.25, -0.2) is 22.1 Å². The lowest BCUT2D eigenvalue weighted by molar-refractivity contribution is 0.0924. The van der Waals surface area contributed by atoms with Gasteiger partial charge in [-0.1, -0.05) is 18.9 Å². The second-order valence-electron chi connectivity index (χ2n) is 6.77. The highest BCUT2D eigenvalue weighted by Crippen LogP contribution is 2.23. The van der Waals surface area contributed by atoms with Crippen LogP contribution in [0.4, 0.5) is 15.9 Å². The topological polar surface area (TPSA) is 91.4 Å². The average molecular weight is 418 g/mol. The molecule has 2 rings (SSSR count). The monoisotopic (exact) mass is 418 g/mol. The van der Waals surface area contributed by atoms with E-state index in [-0.39, 0.29) is 16.3 Å². The first-order chi connectivity index (χ1) is 13.5. The first-order valence-electron chi connectivity index (χ1n) is 8.78. The van der Waals surface area contributed by atoms with Gasteiger partial charge in [0.05, 0.1) is 22.2 Å². The first-order valence-corrected chi connectivity index (χ1v) is 10.2. The molecule has 29 heavy (non-hydrogen) atoms. The molecule has 1 aromatic carbocycles. The summed E-state index contributed by atoms with van der Waals surface area (Å²) in [6.45, 7) is 3.50. The number of rotatable bonds is 7. The second-order valence-corrected chi connectivity index (χ2v) is 8.93. The Labute approximate surface area is 170 Å². The van der Waals surface area contributed by atoms with Crippen LogP contribution in [-0.4, -0.2) is 43.2 Å². The smallest absolute Gasteiger partial charge is 0.256 e. The molecule has 0 spiro atoms. The summed E-state index contributed by atoms with van der Waals surface area (Å²) in [5.41, 5.74) is -0.586. The Morgan fingerprint density at radius 2 is 2.03 bits per heavy atom. The molecule has 2 N–H and O–H groups in total. The second kappa shape index (κ2) is 8.59. The Bertz CT molecular complexity index is 1060. The number of carbonyl (C=O) groups is 1.